The summed E-state index contributed by atoms with van der Waals surface area (Å²) in [6.45, 7) is 2.60. The third-order valence-electron chi connectivity index (χ3n) is 5.65. The number of hydrogen-bond acceptors (Lipinski definition) is 4. The number of nitrogens with one attached hydrogen (secondary N) is 1. The van der Waals surface area contributed by atoms with Gasteiger partial charge in [-0.15, -0.1) is 0 Å². The maximum Gasteiger partial charge on any atom is 0.289 e. The first-order valence-corrected chi connectivity index (χ1v) is 11.0. The van der Waals surface area contributed by atoms with E-state index in [1.54, 1.807) is 17.0 Å². The summed E-state index contributed by atoms with van der Waals surface area (Å²) in [5.41, 5.74) is 3.24. The van der Waals surface area contributed by atoms with Crippen LogP contribution < -0.4 is 5.32 Å². The SMILES string of the molecule is O=C(NCc1cccc(COCc2ccccc2)c1)C1CCCN(C(=O)c2ccco2)C1. The van der Waals surface area contributed by atoms with E-state index in [9.17, 15) is 9.59 Å². The minimum atomic E-state index is -0.208. The van der Waals surface area contributed by atoms with Gasteiger partial charge in [0, 0.05) is 19.6 Å². The number of rotatable bonds is 8. The standard InChI is InChI=1S/C26H28N2O4/c29-25(23-11-5-13-28(17-23)26(30)24-12-6-14-32-24)27-16-21-9-4-10-22(15-21)19-31-18-20-7-2-1-3-8-20/h1-4,6-10,12,14-15,23H,5,11,13,16-19H2,(H,27,29). The second kappa shape index (κ2) is 10.8. The highest BCUT2D eigenvalue weighted by atomic mass is 16.5. The molecule has 2 amide bonds. The number of amides is 2. The van der Waals surface area contributed by atoms with Gasteiger partial charge in [-0.25, -0.2) is 0 Å². The molecule has 6 heteroatoms. The third-order valence-corrected chi connectivity index (χ3v) is 5.65. The number of carbonyl (C=O) groups is 2. The van der Waals surface area contributed by atoms with Crippen molar-refractivity contribution in [2.24, 2.45) is 5.92 Å². The van der Waals surface area contributed by atoms with Gasteiger partial charge in [-0.05, 0) is 41.7 Å². The zero-order valence-electron chi connectivity index (χ0n) is 18.0. The first kappa shape index (κ1) is 21.8. The molecule has 1 unspecified atom stereocenters. The predicted octanol–water partition coefficient (Wildman–Crippen LogP) is 4.17. The summed E-state index contributed by atoms with van der Waals surface area (Å²) in [4.78, 5) is 27.0. The lowest BCUT2D eigenvalue weighted by Crippen LogP contribution is -2.45. The third kappa shape index (κ3) is 5.86. The Morgan fingerprint density at radius 3 is 2.56 bits per heavy atom. The Bertz CT molecular complexity index is 1020. The Hall–Kier alpha value is -3.38. The van der Waals surface area contributed by atoms with Gasteiger partial charge < -0.3 is 19.4 Å². The van der Waals surface area contributed by atoms with E-state index in [1.165, 1.54) is 6.26 Å². The van der Waals surface area contributed by atoms with Crippen molar-refractivity contribution in [2.45, 2.75) is 32.6 Å². The summed E-state index contributed by atoms with van der Waals surface area (Å²) in [7, 11) is 0. The Kier molecular flexibility index (Phi) is 7.35. The number of ether oxygens (including phenoxy) is 1. The lowest BCUT2D eigenvalue weighted by Gasteiger charge is -2.31. The number of carbonyl (C=O) groups excluding carboxylic acids is 2. The highest BCUT2D eigenvalue weighted by Crippen LogP contribution is 2.19. The van der Waals surface area contributed by atoms with Gasteiger partial charge in [0.25, 0.3) is 5.91 Å². The van der Waals surface area contributed by atoms with E-state index < -0.39 is 0 Å². The van der Waals surface area contributed by atoms with E-state index in [1.807, 2.05) is 48.5 Å². The largest absolute Gasteiger partial charge is 0.459 e. The van der Waals surface area contributed by atoms with E-state index in [4.69, 9.17) is 9.15 Å². The Morgan fingerprint density at radius 2 is 1.75 bits per heavy atom. The van der Waals surface area contributed by atoms with Crippen LogP contribution in [0.3, 0.4) is 0 Å². The highest BCUT2D eigenvalue weighted by molar-refractivity contribution is 5.92. The summed E-state index contributed by atoms with van der Waals surface area (Å²) in [6.07, 6.45) is 3.07. The summed E-state index contributed by atoms with van der Waals surface area (Å²) in [5.74, 6) is -0.0687. The number of hydrogen-bond donors (Lipinski definition) is 1. The molecule has 3 aromatic rings. The van der Waals surface area contributed by atoms with Crippen LogP contribution in [0, 0.1) is 5.92 Å². The average Bonchev–Trinajstić information content (AvgIpc) is 3.38. The molecule has 0 aliphatic carbocycles. The fourth-order valence-corrected chi connectivity index (χ4v) is 3.96. The lowest BCUT2D eigenvalue weighted by atomic mass is 9.96. The molecule has 0 saturated carbocycles. The van der Waals surface area contributed by atoms with Crippen molar-refractivity contribution in [1.82, 2.24) is 10.2 Å². The lowest BCUT2D eigenvalue weighted by molar-refractivity contribution is -0.126. The van der Waals surface area contributed by atoms with Crippen molar-refractivity contribution in [3.63, 3.8) is 0 Å². The molecule has 1 fully saturated rings. The zero-order valence-corrected chi connectivity index (χ0v) is 18.0. The molecular formula is C26H28N2O4. The van der Waals surface area contributed by atoms with Gasteiger partial charge in [-0.1, -0.05) is 54.6 Å². The fraction of sp³-hybridized carbons (Fsp3) is 0.308. The molecule has 1 aliphatic rings. The number of likely N-dealkylation sites (tertiary alicyclic amines) is 1. The first-order valence-electron chi connectivity index (χ1n) is 11.0. The number of benzene rings is 2. The van der Waals surface area contributed by atoms with E-state index in [-0.39, 0.29) is 17.7 Å². The molecule has 0 bridgehead atoms. The minimum Gasteiger partial charge on any atom is -0.459 e. The molecule has 1 N–H and O–H groups in total. The molecule has 1 aromatic heterocycles. The Labute approximate surface area is 188 Å². The van der Waals surface area contributed by atoms with Crippen molar-refractivity contribution in [1.29, 1.82) is 0 Å². The van der Waals surface area contributed by atoms with E-state index >= 15 is 0 Å². The highest BCUT2D eigenvalue weighted by Gasteiger charge is 2.29. The van der Waals surface area contributed by atoms with Crippen LogP contribution in [0.15, 0.2) is 77.4 Å². The molecular weight excluding hydrogens is 404 g/mol. The number of piperidine rings is 1. The predicted molar refractivity (Wildman–Crippen MR) is 121 cm³/mol. The monoisotopic (exact) mass is 432 g/mol. The van der Waals surface area contributed by atoms with Crippen LogP contribution in [0.2, 0.25) is 0 Å². The molecule has 1 saturated heterocycles. The average molecular weight is 433 g/mol. The van der Waals surface area contributed by atoms with Crippen LogP contribution in [0.4, 0.5) is 0 Å². The maximum absolute atomic E-state index is 12.7. The molecule has 166 valence electrons. The van der Waals surface area contributed by atoms with Crippen molar-refractivity contribution < 1.29 is 18.7 Å². The van der Waals surface area contributed by atoms with Gasteiger partial charge in [0.05, 0.1) is 25.4 Å². The molecule has 0 radical (unpaired) electrons. The summed E-state index contributed by atoms with van der Waals surface area (Å²) < 4.78 is 11.0. The smallest absolute Gasteiger partial charge is 0.289 e. The normalized spacial score (nSPS) is 16.0. The Morgan fingerprint density at radius 1 is 0.969 bits per heavy atom. The quantitative estimate of drug-likeness (QED) is 0.580. The summed E-state index contributed by atoms with van der Waals surface area (Å²) in [5, 5.41) is 3.03. The first-order chi connectivity index (χ1) is 15.7. The molecule has 1 atom stereocenters. The van der Waals surface area contributed by atoms with E-state index in [0.717, 1.165) is 29.5 Å². The molecule has 4 rings (SSSR count). The van der Waals surface area contributed by atoms with E-state index in [2.05, 4.69) is 11.4 Å². The second-order valence-corrected chi connectivity index (χ2v) is 8.08. The molecule has 1 aliphatic heterocycles. The topological polar surface area (TPSA) is 71.8 Å². The van der Waals surface area contributed by atoms with Crippen LogP contribution in [-0.4, -0.2) is 29.8 Å². The van der Waals surface area contributed by atoms with Gasteiger partial charge in [0.15, 0.2) is 5.76 Å². The molecule has 6 nitrogen and oxygen atoms in total. The summed E-state index contributed by atoms with van der Waals surface area (Å²) in [6, 6.07) is 21.5. The molecule has 2 aromatic carbocycles. The zero-order chi connectivity index (χ0) is 22.2. The fourth-order valence-electron chi connectivity index (χ4n) is 3.96. The molecule has 0 spiro atoms. The van der Waals surface area contributed by atoms with Crippen LogP contribution in [0.5, 0.6) is 0 Å². The van der Waals surface area contributed by atoms with Crippen LogP contribution in [0.25, 0.3) is 0 Å². The van der Waals surface area contributed by atoms with Crippen molar-refractivity contribution >= 4 is 11.8 Å². The van der Waals surface area contributed by atoms with E-state index in [0.29, 0.717) is 38.6 Å². The van der Waals surface area contributed by atoms with Crippen LogP contribution in [-0.2, 0) is 29.3 Å². The van der Waals surface area contributed by atoms with Crippen molar-refractivity contribution in [3.05, 3.63) is 95.4 Å². The Balaban J connectivity index is 1.25. The van der Waals surface area contributed by atoms with Crippen LogP contribution in [0.1, 0.15) is 40.1 Å². The minimum absolute atomic E-state index is 0.0207. The number of furan rings is 1. The van der Waals surface area contributed by atoms with Crippen molar-refractivity contribution in [2.75, 3.05) is 13.1 Å². The second-order valence-electron chi connectivity index (χ2n) is 8.08. The summed E-state index contributed by atoms with van der Waals surface area (Å²) >= 11 is 0. The molecule has 2 heterocycles. The van der Waals surface area contributed by atoms with Gasteiger partial charge in [-0.3, -0.25) is 9.59 Å². The van der Waals surface area contributed by atoms with Gasteiger partial charge in [0.1, 0.15) is 0 Å². The van der Waals surface area contributed by atoms with Crippen molar-refractivity contribution in [3.8, 4) is 0 Å². The molecule has 32 heavy (non-hydrogen) atoms. The van der Waals surface area contributed by atoms with Gasteiger partial charge in [0.2, 0.25) is 5.91 Å². The van der Waals surface area contributed by atoms with Gasteiger partial charge in [-0.2, -0.15) is 0 Å². The van der Waals surface area contributed by atoms with Crippen LogP contribution >= 0.6 is 0 Å². The van der Waals surface area contributed by atoms with Gasteiger partial charge >= 0.3 is 0 Å². The maximum atomic E-state index is 12.7. The number of nitrogens with zero attached hydrogens (tertiary/aromatic N) is 1.